The summed E-state index contributed by atoms with van der Waals surface area (Å²) in [4.78, 5) is 38.4. The molecule has 0 N–H and O–H groups in total. The molecule has 0 heterocycles. The summed E-state index contributed by atoms with van der Waals surface area (Å²) in [6, 6.07) is 0. The first-order valence-corrected chi connectivity index (χ1v) is 36.8. The lowest BCUT2D eigenvalue weighted by Crippen LogP contribution is -2.30. The molecule has 478 valence electrons. The number of unbranched alkanes of at least 4 members (excludes halogenated alkanes) is 54. The van der Waals surface area contributed by atoms with E-state index in [9.17, 15) is 14.4 Å². The Bertz CT molecular complexity index is 1310. The molecule has 1 atom stereocenters. The van der Waals surface area contributed by atoms with Crippen molar-refractivity contribution in [2.45, 2.75) is 425 Å². The molecule has 1 unspecified atom stereocenters. The third-order valence-electron chi connectivity index (χ3n) is 17.0. The highest BCUT2D eigenvalue weighted by Crippen LogP contribution is 2.19. The Kier molecular flexibility index (Phi) is 68.5. The van der Waals surface area contributed by atoms with Gasteiger partial charge in [-0.05, 0) is 51.4 Å². The largest absolute Gasteiger partial charge is 0.462 e. The zero-order valence-electron chi connectivity index (χ0n) is 55.1. The van der Waals surface area contributed by atoms with Gasteiger partial charge in [0.25, 0.3) is 0 Å². The molecular formula is C75H142O6. The van der Waals surface area contributed by atoms with Crippen LogP contribution in [0.25, 0.3) is 0 Å². The lowest BCUT2D eigenvalue weighted by molar-refractivity contribution is -0.167. The summed E-state index contributed by atoms with van der Waals surface area (Å²) in [6.07, 6.45) is 86.6. The van der Waals surface area contributed by atoms with E-state index in [-0.39, 0.29) is 31.1 Å². The van der Waals surface area contributed by atoms with Crippen molar-refractivity contribution >= 4 is 17.9 Å². The SMILES string of the molecule is CCCCCCC/C=C\C/C=C\CCCCCCCCCCCCCCCCCC(=O)OCC(COC(=O)CCCCCCCCCCCC)OC(=O)CCCCCCCCCCCCCCCCCCCCCCCCCCCC. The molecule has 0 fully saturated rings. The van der Waals surface area contributed by atoms with E-state index >= 15 is 0 Å². The maximum Gasteiger partial charge on any atom is 0.306 e. The first-order valence-electron chi connectivity index (χ1n) is 36.8. The van der Waals surface area contributed by atoms with Crippen molar-refractivity contribution in [1.29, 1.82) is 0 Å². The number of hydrogen-bond donors (Lipinski definition) is 0. The maximum atomic E-state index is 12.9. The van der Waals surface area contributed by atoms with Gasteiger partial charge in [-0.15, -0.1) is 0 Å². The summed E-state index contributed by atoms with van der Waals surface area (Å²) < 4.78 is 17.0. The van der Waals surface area contributed by atoms with Crippen LogP contribution in [0.15, 0.2) is 24.3 Å². The predicted molar refractivity (Wildman–Crippen MR) is 353 cm³/mol. The number of ether oxygens (including phenoxy) is 3. The molecule has 6 nitrogen and oxygen atoms in total. The van der Waals surface area contributed by atoms with Crippen LogP contribution in [0.5, 0.6) is 0 Å². The van der Waals surface area contributed by atoms with Gasteiger partial charge in [0.2, 0.25) is 0 Å². The fraction of sp³-hybridized carbons (Fsp3) is 0.907. The minimum Gasteiger partial charge on any atom is -0.462 e. The summed E-state index contributed by atoms with van der Waals surface area (Å²) in [5.74, 6) is -0.832. The van der Waals surface area contributed by atoms with Crippen molar-refractivity contribution in [2.75, 3.05) is 13.2 Å². The lowest BCUT2D eigenvalue weighted by Gasteiger charge is -2.18. The number of carbonyl (C=O) groups excluding carboxylic acids is 3. The Balaban J connectivity index is 4.11. The van der Waals surface area contributed by atoms with Crippen LogP contribution in [-0.4, -0.2) is 37.2 Å². The standard InChI is InChI=1S/C75H142O6/c1-4-7-10-13-16-19-22-24-26-28-30-32-34-36-38-40-41-43-45-47-49-51-53-56-59-62-65-68-74(77)80-71-72(70-79-73(76)67-64-61-58-55-21-18-15-12-9-6-3)81-75(78)69-66-63-60-57-54-52-50-48-46-44-42-39-37-35-33-31-29-27-25-23-20-17-14-11-8-5-2/h22,24,28,30,72H,4-21,23,25-27,29,31-71H2,1-3H3/b24-22-,30-28-. The fourth-order valence-electron chi connectivity index (χ4n) is 11.4. The van der Waals surface area contributed by atoms with Gasteiger partial charge < -0.3 is 14.2 Å². The Morgan fingerprint density at radius 1 is 0.247 bits per heavy atom. The molecule has 6 heteroatoms. The average molecular weight is 1140 g/mol. The lowest BCUT2D eigenvalue weighted by atomic mass is 10.0. The number of allylic oxidation sites excluding steroid dienone is 4. The van der Waals surface area contributed by atoms with Crippen LogP contribution in [0.4, 0.5) is 0 Å². The average Bonchev–Trinajstić information content (AvgIpc) is 3.47. The summed E-state index contributed by atoms with van der Waals surface area (Å²) in [7, 11) is 0. The van der Waals surface area contributed by atoms with Crippen LogP contribution >= 0.6 is 0 Å². The van der Waals surface area contributed by atoms with Gasteiger partial charge in [0.05, 0.1) is 0 Å². The molecule has 0 aromatic carbocycles. The molecule has 0 aromatic rings. The number of esters is 3. The Hall–Kier alpha value is -2.11. The van der Waals surface area contributed by atoms with E-state index in [2.05, 4.69) is 45.1 Å². The monoisotopic (exact) mass is 1140 g/mol. The second-order valence-electron chi connectivity index (χ2n) is 25.2. The smallest absolute Gasteiger partial charge is 0.306 e. The Morgan fingerprint density at radius 2 is 0.444 bits per heavy atom. The normalized spacial score (nSPS) is 12.1. The van der Waals surface area contributed by atoms with Gasteiger partial charge in [-0.3, -0.25) is 14.4 Å². The molecule has 0 radical (unpaired) electrons. The van der Waals surface area contributed by atoms with Gasteiger partial charge in [0.15, 0.2) is 6.10 Å². The summed E-state index contributed by atoms with van der Waals surface area (Å²) >= 11 is 0. The number of carbonyl (C=O) groups is 3. The van der Waals surface area contributed by atoms with Crippen molar-refractivity contribution in [3.8, 4) is 0 Å². The number of hydrogen-bond acceptors (Lipinski definition) is 6. The maximum absolute atomic E-state index is 12.9. The highest BCUT2D eigenvalue weighted by atomic mass is 16.6. The van der Waals surface area contributed by atoms with E-state index in [1.807, 2.05) is 0 Å². The zero-order chi connectivity index (χ0) is 58.5. The van der Waals surface area contributed by atoms with E-state index in [0.717, 1.165) is 64.2 Å². The molecule has 0 saturated heterocycles. The van der Waals surface area contributed by atoms with Crippen molar-refractivity contribution in [1.82, 2.24) is 0 Å². The summed E-state index contributed by atoms with van der Waals surface area (Å²) in [5, 5.41) is 0. The second-order valence-corrected chi connectivity index (χ2v) is 25.2. The molecule has 0 aromatic heterocycles. The molecule has 0 saturated carbocycles. The highest BCUT2D eigenvalue weighted by molar-refractivity contribution is 5.71. The summed E-state index contributed by atoms with van der Waals surface area (Å²) in [5.41, 5.74) is 0. The van der Waals surface area contributed by atoms with Crippen LogP contribution in [-0.2, 0) is 28.6 Å². The molecule has 0 spiro atoms. The van der Waals surface area contributed by atoms with Crippen LogP contribution in [0.1, 0.15) is 419 Å². The number of rotatable bonds is 69. The zero-order valence-corrected chi connectivity index (χ0v) is 55.1. The van der Waals surface area contributed by atoms with Crippen LogP contribution in [0.3, 0.4) is 0 Å². The van der Waals surface area contributed by atoms with Gasteiger partial charge in [0, 0.05) is 19.3 Å². The predicted octanol–water partition coefficient (Wildman–Crippen LogP) is 25.3. The molecule has 0 amide bonds. The van der Waals surface area contributed by atoms with Crippen molar-refractivity contribution in [3.63, 3.8) is 0 Å². The van der Waals surface area contributed by atoms with Gasteiger partial charge >= 0.3 is 17.9 Å². The molecule has 0 aliphatic rings. The van der Waals surface area contributed by atoms with Gasteiger partial charge in [0.1, 0.15) is 13.2 Å². The molecule has 0 aliphatic carbocycles. The molecule has 81 heavy (non-hydrogen) atoms. The second kappa shape index (κ2) is 70.4. The van der Waals surface area contributed by atoms with E-state index < -0.39 is 6.10 Å². The molecule has 0 aliphatic heterocycles. The highest BCUT2D eigenvalue weighted by Gasteiger charge is 2.20. The van der Waals surface area contributed by atoms with Crippen LogP contribution < -0.4 is 0 Å². The van der Waals surface area contributed by atoms with E-state index in [1.54, 1.807) is 0 Å². The minimum absolute atomic E-state index is 0.0641. The van der Waals surface area contributed by atoms with Gasteiger partial charge in [-0.1, -0.05) is 373 Å². The third kappa shape index (κ3) is 68.6. The van der Waals surface area contributed by atoms with E-state index in [4.69, 9.17) is 14.2 Å². The van der Waals surface area contributed by atoms with E-state index in [1.165, 1.54) is 315 Å². The first kappa shape index (κ1) is 78.9. The van der Waals surface area contributed by atoms with E-state index in [0.29, 0.717) is 19.3 Å². The molecular weight excluding hydrogens is 997 g/mol. The van der Waals surface area contributed by atoms with Crippen LogP contribution in [0, 0.1) is 0 Å². The van der Waals surface area contributed by atoms with Crippen molar-refractivity contribution in [3.05, 3.63) is 24.3 Å². The Labute approximate surface area is 506 Å². The van der Waals surface area contributed by atoms with Gasteiger partial charge in [-0.2, -0.15) is 0 Å². The van der Waals surface area contributed by atoms with Crippen LogP contribution in [0.2, 0.25) is 0 Å². The minimum atomic E-state index is -0.767. The topological polar surface area (TPSA) is 78.9 Å². The molecule has 0 bridgehead atoms. The molecule has 0 rings (SSSR count). The Morgan fingerprint density at radius 3 is 0.679 bits per heavy atom. The van der Waals surface area contributed by atoms with Crippen molar-refractivity contribution < 1.29 is 28.6 Å². The quantitative estimate of drug-likeness (QED) is 0.0261. The van der Waals surface area contributed by atoms with Gasteiger partial charge in [-0.25, -0.2) is 0 Å². The summed E-state index contributed by atoms with van der Waals surface area (Å²) in [6.45, 7) is 6.70. The third-order valence-corrected chi connectivity index (χ3v) is 17.0. The first-order chi connectivity index (χ1) is 40.0. The fourth-order valence-corrected chi connectivity index (χ4v) is 11.4. The van der Waals surface area contributed by atoms with Crippen molar-refractivity contribution in [2.24, 2.45) is 0 Å².